The summed E-state index contributed by atoms with van der Waals surface area (Å²) in [5.74, 6) is -4.42. The molecule has 0 fully saturated rings. The third kappa shape index (κ3) is 13.2. The fourth-order valence-electron chi connectivity index (χ4n) is 4.77. The van der Waals surface area contributed by atoms with Gasteiger partial charge in [-0.2, -0.15) is 0 Å². The van der Waals surface area contributed by atoms with Crippen molar-refractivity contribution in [3.8, 4) is 0 Å². The van der Waals surface area contributed by atoms with Crippen LogP contribution in [0.15, 0.2) is 60.7 Å². The molecule has 6 amide bonds. The summed E-state index contributed by atoms with van der Waals surface area (Å²) < 4.78 is 0. The van der Waals surface area contributed by atoms with Gasteiger partial charge < -0.3 is 37.4 Å². The lowest BCUT2D eigenvalue weighted by molar-refractivity contribution is -0.135. The highest BCUT2D eigenvalue weighted by atomic mass is 16.3. The van der Waals surface area contributed by atoms with Gasteiger partial charge in [-0.15, -0.1) is 0 Å². The topological polar surface area (TPSA) is 209 Å². The molecule has 13 nitrogen and oxygen atoms in total. The van der Waals surface area contributed by atoms with Crippen molar-refractivity contribution in [3.05, 3.63) is 71.8 Å². The number of amides is 6. The maximum absolute atomic E-state index is 13.9. The lowest BCUT2D eigenvalue weighted by Gasteiger charge is -2.28. The van der Waals surface area contributed by atoms with Crippen LogP contribution >= 0.6 is 0 Å². The Morgan fingerprint density at radius 1 is 0.617 bits per heavy atom. The van der Waals surface area contributed by atoms with Gasteiger partial charge in [-0.3, -0.25) is 28.8 Å². The number of hydrogen-bond donors (Lipinski definition) is 7. The number of primary amides is 1. The van der Waals surface area contributed by atoms with E-state index in [9.17, 15) is 33.9 Å². The molecule has 8 N–H and O–H groups in total. The van der Waals surface area contributed by atoms with E-state index >= 15 is 0 Å². The van der Waals surface area contributed by atoms with E-state index in [-0.39, 0.29) is 25.2 Å². The Morgan fingerprint density at radius 2 is 1.06 bits per heavy atom. The molecule has 2 aromatic rings. The number of aliphatic hydroxyl groups excluding tert-OH is 1. The molecule has 0 saturated carbocycles. The van der Waals surface area contributed by atoms with Gasteiger partial charge in [0.15, 0.2) is 0 Å². The molecule has 0 unspecified atom stereocenters. The minimum absolute atomic E-state index is 0.0158. The molecule has 0 heterocycles. The van der Waals surface area contributed by atoms with Gasteiger partial charge in [0.1, 0.15) is 36.8 Å². The minimum atomic E-state index is -1.16. The van der Waals surface area contributed by atoms with E-state index in [1.54, 1.807) is 62.4 Å². The fraction of sp³-hybridized carbons (Fsp3) is 0.471. The van der Waals surface area contributed by atoms with Crippen LogP contribution in [0.5, 0.6) is 0 Å². The molecular weight excluding hydrogens is 604 g/mol. The van der Waals surface area contributed by atoms with Crippen LogP contribution in [0.3, 0.4) is 0 Å². The average molecular weight is 653 g/mol. The number of hydrogen-bond acceptors (Lipinski definition) is 7. The zero-order chi connectivity index (χ0) is 35.1. The van der Waals surface area contributed by atoms with Crippen LogP contribution in [0.2, 0.25) is 0 Å². The summed E-state index contributed by atoms with van der Waals surface area (Å²) in [4.78, 5) is 77.6. The Bertz CT molecular complexity index is 1350. The maximum atomic E-state index is 13.9. The van der Waals surface area contributed by atoms with Crippen molar-refractivity contribution in [2.45, 2.75) is 84.1 Å². The lowest BCUT2D eigenvalue weighted by Crippen LogP contribution is -2.60. The molecule has 0 aliphatic heterocycles. The number of nitrogens with one attached hydrogen (secondary N) is 5. The van der Waals surface area contributed by atoms with Gasteiger partial charge in [0.05, 0.1) is 0 Å². The summed E-state index contributed by atoms with van der Waals surface area (Å²) in [6.07, 6.45) is 0.427. The van der Waals surface area contributed by atoms with E-state index in [0.29, 0.717) is 0 Å². The van der Waals surface area contributed by atoms with Crippen molar-refractivity contribution in [3.63, 3.8) is 0 Å². The van der Waals surface area contributed by atoms with Crippen molar-refractivity contribution in [1.82, 2.24) is 26.6 Å². The highest BCUT2D eigenvalue weighted by molar-refractivity contribution is 5.96. The fourth-order valence-corrected chi connectivity index (χ4v) is 4.77. The summed E-state index contributed by atoms with van der Waals surface area (Å²) in [6.45, 7) is 7.81. The van der Waals surface area contributed by atoms with E-state index in [1.165, 1.54) is 6.92 Å². The monoisotopic (exact) mass is 652 g/mol. The minimum Gasteiger partial charge on any atom is -0.387 e. The summed E-state index contributed by atoms with van der Waals surface area (Å²) in [6, 6.07) is 12.6. The number of rotatable bonds is 18. The molecule has 0 bridgehead atoms. The Morgan fingerprint density at radius 3 is 1.49 bits per heavy atom. The molecule has 0 aliphatic rings. The van der Waals surface area contributed by atoms with Gasteiger partial charge in [0.25, 0.3) is 0 Å². The summed E-state index contributed by atoms with van der Waals surface area (Å²) in [7, 11) is 0. The molecule has 2 rings (SSSR count). The second-order valence-electron chi connectivity index (χ2n) is 12.3. The normalized spacial score (nSPS) is 14.2. The Balaban J connectivity index is 2.35. The number of aliphatic hydroxyl groups is 1. The first-order chi connectivity index (χ1) is 22.2. The van der Waals surface area contributed by atoms with Crippen LogP contribution in [-0.4, -0.2) is 77.4 Å². The maximum Gasteiger partial charge on any atom is 0.246 e. The van der Waals surface area contributed by atoms with Crippen LogP contribution in [-0.2, 0) is 41.6 Å². The molecule has 0 aliphatic carbocycles. The number of carbonyl (C=O) groups is 6. The summed E-state index contributed by atoms with van der Waals surface area (Å²) in [5, 5.41) is 22.4. The van der Waals surface area contributed by atoms with Gasteiger partial charge in [-0.05, 0) is 36.3 Å². The molecule has 0 saturated heterocycles. The SMILES string of the molecule is CC(C)C[C@@H](NC(=O)CO)C(=O)N[C@@H](C(=O)N[C@H](Cc1ccccc1)C(=O)N[C@H](Cc1ccccc1)C(=O)N[C@H](C)C(N)=O)C(C)C. The molecule has 5 atom stereocenters. The smallest absolute Gasteiger partial charge is 0.246 e. The Hall–Kier alpha value is -4.78. The first-order valence-electron chi connectivity index (χ1n) is 15.7. The second kappa shape index (κ2) is 19.0. The molecule has 47 heavy (non-hydrogen) atoms. The predicted molar refractivity (Wildman–Crippen MR) is 176 cm³/mol. The van der Waals surface area contributed by atoms with Crippen LogP contribution in [0.4, 0.5) is 0 Å². The number of nitrogens with two attached hydrogens (primary N) is 1. The van der Waals surface area contributed by atoms with Crippen LogP contribution < -0.4 is 32.3 Å². The number of carbonyl (C=O) groups excluding carboxylic acids is 6. The highest BCUT2D eigenvalue weighted by Gasteiger charge is 2.33. The van der Waals surface area contributed by atoms with Gasteiger partial charge in [-0.1, -0.05) is 88.4 Å². The summed E-state index contributed by atoms with van der Waals surface area (Å²) >= 11 is 0. The van der Waals surface area contributed by atoms with Crippen LogP contribution in [0, 0.1) is 11.8 Å². The standard InChI is InChI=1S/C34H48N6O7/c1-20(2)16-25(37-28(42)19-41)33(46)40-29(21(3)4)34(47)39-27(18-24-14-10-7-11-15-24)32(45)38-26(17-23-12-8-6-9-13-23)31(44)36-22(5)30(35)43/h6-15,20-22,25-27,29,41H,16-19H2,1-5H3,(H2,35,43)(H,36,44)(H,37,42)(H,38,45)(H,39,47)(H,40,46)/t22-,25-,26-,27-,29-/m1/s1. The zero-order valence-corrected chi connectivity index (χ0v) is 27.6. The van der Waals surface area contributed by atoms with Crippen LogP contribution in [0.1, 0.15) is 52.2 Å². The third-order valence-corrected chi connectivity index (χ3v) is 7.37. The first kappa shape index (κ1) is 38.4. The predicted octanol–water partition coefficient (Wildman–Crippen LogP) is 0.0954. The van der Waals surface area contributed by atoms with Gasteiger partial charge in [0, 0.05) is 12.8 Å². The van der Waals surface area contributed by atoms with E-state index in [0.717, 1.165) is 11.1 Å². The Labute approximate surface area is 275 Å². The van der Waals surface area contributed by atoms with E-state index in [4.69, 9.17) is 5.73 Å². The molecule has 0 radical (unpaired) electrons. The van der Waals surface area contributed by atoms with Crippen molar-refractivity contribution in [1.29, 1.82) is 0 Å². The largest absolute Gasteiger partial charge is 0.387 e. The lowest BCUT2D eigenvalue weighted by atomic mass is 9.98. The molecule has 2 aromatic carbocycles. The third-order valence-electron chi connectivity index (χ3n) is 7.37. The van der Waals surface area contributed by atoms with Gasteiger partial charge in [-0.25, -0.2) is 0 Å². The van der Waals surface area contributed by atoms with Crippen molar-refractivity contribution < 1.29 is 33.9 Å². The van der Waals surface area contributed by atoms with Gasteiger partial charge in [0.2, 0.25) is 35.4 Å². The molecule has 0 spiro atoms. The highest BCUT2D eigenvalue weighted by Crippen LogP contribution is 2.11. The Kier molecular flexibility index (Phi) is 15.5. The molecule has 13 heteroatoms. The molecule has 256 valence electrons. The molecule has 0 aromatic heterocycles. The van der Waals surface area contributed by atoms with Crippen molar-refractivity contribution in [2.75, 3.05) is 6.61 Å². The van der Waals surface area contributed by atoms with E-state index < -0.39 is 78.2 Å². The average Bonchev–Trinajstić information content (AvgIpc) is 3.02. The number of benzene rings is 2. The zero-order valence-electron chi connectivity index (χ0n) is 27.6. The quantitative estimate of drug-likeness (QED) is 0.118. The first-order valence-corrected chi connectivity index (χ1v) is 15.7. The second-order valence-corrected chi connectivity index (χ2v) is 12.3. The summed E-state index contributed by atoms with van der Waals surface area (Å²) in [5.41, 5.74) is 6.81. The molecular formula is C34H48N6O7. The van der Waals surface area contributed by atoms with Crippen molar-refractivity contribution in [2.24, 2.45) is 17.6 Å². The van der Waals surface area contributed by atoms with E-state index in [2.05, 4.69) is 26.6 Å². The van der Waals surface area contributed by atoms with Crippen molar-refractivity contribution >= 4 is 35.4 Å². The van der Waals surface area contributed by atoms with E-state index in [1.807, 2.05) is 26.0 Å². The van der Waals surface area contributed by atoms with Crippen LogP contribution in [0.25, 0.3) is 0 Å². The van der Waals surface area contributed by atoms with Gasteiger partial charge >= 0.3 is 0 Å².